The molecule has 0 aliphatic carbocycles. The van der Waals surface area contributed by atoms with Crippen LogP contribution < -0.4 is 5.32 Å². The molecule has 1 aromatic heterocycles. The number of hydrogen-bond acceptors (Lipinski definition) is 3. The molecule has 1 aromatic carbocycles. The number of benzene rings is 1. The maximum Gasteiger partial charge on any atom is 0.0346 e. The molecule has 102 valence electrons. The molecule has 0 unspecified atom stereocenters. The van der Waals surface area contributed by atoms with Crippen LogP contribution in [0.2, 0.25) is 0 Å². The quantitative estimate of drug-likeness (QED) is 0.892. The van der Waals surface area contributed by atoms with E-state index >= 15 is 0 Å². The zero-order valence-corrected chi connectivity index (χ0v) is 12.3. The van der Waals surface area contributed by atoms with Crippen LogP contribution in [0, 0.1) is 0 Å². The van der Waals surface area contributed by atoms with Gasteiger partial charge in [-0.1, -0.05) is 18.2 Å². The zero-order chi connectivity index (χ0) is 13.9. The maximum atomic E-state index is 4.17. The molecular weight excluding hydrogens is 234 g/mol. The molecule has 0 saturated heterocycles. The Kier molecular flexibility index (Phi) is 4.17. The van der Waals surface area contributed by atoms with E-state index in [2.05, 4.69) is 67.4 Å². The number of aromatic nitrogens is 1. The van der Waals surface area contributed by atoms with E-state index in [4.69, 9.17) is 0 Å². The lowest BCUT2D eigenvalue weighted by Gasteiger charge is -2.32. The highest BCUT2D eigenvalue weighted by Crippen LogP contribution is 2.17. The molecular formula is C16H23N3. The van der Waals surface area contributed by atoms with Gasteiger partial charge in [-0.2, -0.15) is 0 Å². The molecule has 0 saturated carbocycles. The van der Waals surface area contributed by atoms with Crippen molar-refractivity contribution in [2.24, 2.45) is 0 Å². The molecule has 0 radical (unpaired) electrons. The molecule has 0 fully saturated rings. The van der Waals surface area contributed by atoms with Gasteiger partial charge in [0, 0.05) is 36.4 Å². The summed E-state index contributed by atoms with van der Waals surface area (Å²) < 4.78 is 0. The van der Waals surface area contributed by atoms with Gasteiger partial charge in [-0.3, -0.25) is 4.98 Å². The van der Waals surface area contributed by atoms with Crippen molar-refractivity contribution in [2.75, 3.05) is 20.6 Å². The Bertz CT molecular complexity index is 541. The van der Waals surface area contributed by atoms with E-state index in [1.807, 2.05) is 12.4 Å². The van der Waals surface area contributed by atoms with E-state index in [-0.39, 0.29) is 5.54 Å². The average Bonchev–Trinajstić information content (AvgIpc) is 2.38. The van der Waals surface area contributed by atoms with Gasteiger partial charge in [-0.05, 0) is 45.0 Å². The Morgan fingerprint density at radius 3 is 2.74 bits per heavy atom. The summed E-state index contributed by atoms with van der Waals surface area (Å²) in [6.45, 7) is 6.33. The van der Waals surface area contributed by atoms with Crippen LogP contribution in [0.4, 0.5) is 0 Å². The Morgan fingerprint density at radius 1 is 1.21 bits per heavy atom. The largest absolute Gasteiger partial charge is 0.311 e. The normalized spacial score (nSPS) is 12.3. The second-order valence-electron chi connectivity index (χ2n) is 5.82. The predicted molar refractivity (Wildman–Crippen MR) is 81.2 cm³/mol. The van der Waals surface area contributed by atoms with Crippen LogP contribution >= 0.6 is 0 Å². The van der Waals surface area contributed by atoms with E-state index in [9.17, 15) is 0 Å². The molecule has 1 N–H and O–H groups in total. The minimum Gasteiger partial charge on any atom is -0.311 e. The minimum absolute atomic E-state index is 0.159. The van der Waals surface area contributed by atoms with Gasteiger partial charge in [0.15, 0.2) is 0 Å². The second-order valence-corrected chi connectivity index (χ2v) is 5.82. The number of likely N-dealkylation sites (N-methyl/N-ethyl adjacent to an activating group) is 1. The van der Waals surface area contributed by atoms with Crippen molar-refractivity contribution in [3.63, 3.8) is 0 Å². The molecule has 0 spiro atoms. The molecule has 1 heterocycles. The third kappa shape index (κ3) is 3.31. The van der Waals surface area contributed by atoms with Crippen molar-refractivity contribution < 1.29 is 0 Å². The van der Waals surface area contributed by atoms with E-state index < -0.39 is 0 Å². The first kappa shape index (κ1) is 14.0. The Labute approximate surface area is 115 Å². The zero-order valence-electron chi connectivity index (χ0n) is 12.3. The van der Waals surface area contributed by atoms with E-state index in [0.717, 1.165) is 13.1 Å². The molecule has 3 heteroatoms. The van der Waals surface area contributed by atoms with Crippen LogP contribution in [0.15, 0.2) is 36.7 Å². The summed E-state index contributed by atoms with van der Waals surface area (Å²) in [5, 5.41) is 6.04. The van der Waals surface area contributed by atoms with Gasteiger partial charge in [0.05, 0.1) is 0 Å². The molecule has 19 heavy (non-hydrogen) atoms. The molecule has 0 aliphatic rings. The van der Waals surface area contributed by atoms with Gasteiger partial charge in [-0.25, -0.2) is 0 Å². The summed E-state index contributed by atoms with van der Waals surface area (Å²) in [5.41, 5.74) is 1.49. The lowest BCUT2D eigenvalue weighted by molar-refractivity contribution is 0.190. The first-order valence-electron chi connectivity index (χ1n) is 6.70. The number of nitrogens with zero attached hydrogens (tertiary/aromatic N) is 2. The molecule has 0 bridgehead atoms. The fraction of sp³-hybridized carbons (Fsp3) is 0.438. The lowest BCUT2D eigenvalue weighted by atomic mass is 10.0. The minimum atomic E-state index is 0.159. The molecule has 0 amide bonds. The van der Waals surface area contributed by atoms with Crippen molar-refractivity contribution in [3.05, 3.63) is 42.2 Å². The van der Waals surface area contributed by atoms with E-state index in [1.54, 1.807) is 0 Å². The summed E-state index contributed by atoms with van der Waals surface area (Å²) >= 11 is 0. The Morgan fingerprint density at radius 2 is 2.00 bits per heavy atom. The fourth-order valence-electron chi connectivity index (χ4n) is 2.00. The van der Waals surface area contributed by atoms with Crippen LogP contribution in [-0.2, 0) is 6.54 Å². The van der Waals surface area contributed by atoms with Crippen molar-refractivity contribution >= 4 is 10.8 Å². The third-order valence-corrected chi connectivity index (χ3v) is 3.85. The highest BCUT2D eigenvalue weighted by atomic mass is 15.2. The van der Waals surface area contributed by atoms with E-state index in [0.29, 0.717) is 0 Å². The summed E-state index contributed by atoms with van der Waals surface area (Å²) in [6.07, 6.45) is 3.78. The van der Waals surface area contributed by atoms with Crippen molar-refractivity contribution in [1.82, 2.24) is 15.2 Å². The van der Waals surface area contributed by atoms with Crippen LogP contribution in [0.25, 0.3) is 10.8 Å². The number of fused-ring (bicyclic) bond motifs is 1. The van der Waals surface area contributed by atoms with Crippen LogP contribution in [0.3, 0.4) is 0 Å². The molecule has 3 nitrogen and oxygen atoms in total. The summed E-state index contributed by atoms with van der Waals surface area (Å²) in [4.78, 5) is 6.41. The van der Waals surface area contributed by atoms with Gasteiger partial charge in [0.1, 0.15) is 0 Å². The number of nitrogens with one attached hydrogen (secondary N) is 1. The summed E-state index contributed by atoms with van der Waals surface area (Å²) in [5.74, 6) is 0. The van der Waals surface area contributed by atoms with Gasteiger partial charge < -0.3 is 10.2 Å². The third-order valence-electron chi connectivity index (χ3n) is 3.85. The molecule has 2 rings (SSSR count). The van der Waals surface area contributed by atoms with E-state index in [1.165, 1.54) is 16.3 Å². The smallest absolute Gasteiger partial charge is 0.0346 e. The Hall–Kier alpha value is -1.45. The maximum absolute atomic E-state index is 4.17. The monoisotopic (exact) mass is 257 g/mol. The topological polar surface area (TPSA) is 28.2 Å². The standard InChI is InChI=1S/C16H23N3/c1-16(2,19(3)4)12-18-11-14-7-5-6-13-10-17-9-8-15(13)14/h5-10,18H,11-12H2,1-4H3. The van der Waals surface area contributed by atoms with Crippen molar-refractivity contribution in [2.45, 2.75) is 25.9 Å². The summed E-state index contributed by atoms with van der Waals surface area (Å²) in [6, 6.07) is 8.47. The highest BCUT2D eigenvalue weighted by molar-refractivity contribution is 5.84. The number of hydrogen-bond donors (Lipinski definition) is 1. The highest BCUT2D eigenvalue weighted by Gasteiger charge is 2.19. The number of rotatable bonds is 5. The fourth-order valence-corrected chi connectivity index (χ4v) is 2.00. The van der Waals surface area contributed by atoms with Crippen LogP contribution in [-0.4, -0.2) is 36.1 Å². The average molecular weight is 257 g/mol. The molecule has 0 aliphatic heterocycles. The van der Waals surface area contributed by atoms with Crippen LogP contribution in [0.1, 0.15) is 19.4 Å². The van der Waals surface area contributed by atoms with Crippen LogP contribution in [0.5, 0.6) is 0 Å². The van der Waals surface area contributed by atoms with Crippen molar-refractivity contribution in [1.29, 1.82) is 0 Å². The SMILES string of the molecule is CN(C)C(C)(C)CNCc1cccc2cnccc12. The van der Waals surface area contributed by atoms with Gasteiger partial charge in [0.25, 0.3) is 0 Å². The van der Waals surface area contributed by atoms with Gasteiger partial charge in [0.2, 0.25) is 0 Å². The first-order chi connectivity index (χ1) is 9.00. The summed E-state index contributed by atoms with van der Waals surface area (Å²) in [7, 11) is 4.23. The van der Waals surface area contributed by atoms with Gasteiger partial charge in [-0.15, -0.1) is 0 Å². The Balaban J connectivity index is 2.07. The predicted octanol–water partition coefficient (Wildman–Crippen LogP) is 2.66. The van der Waals surface area contributed by atoms with Gasteiger partial charge >= 0.3 is 0 Å². The number of pyridine rings is 1. The molecule has 0 atom stereocenters. The van der Waals surface area contributed by atoms with Crippen molar-refractivity contribution in [3.8, 4) is 0 Å². The second kappa shape index (κ2) is 5.68. The molecule has 2 aromatic rings. The lowest BCUT2D eigenvalue weighted by Crippen LogP contribution is -2.46. The first-order valence-corrected chi connectivity index (χ1v) is 6.70.